The molecule has 156 valence electrons. The molecule has 1 N–H and O–H groups in total. The molecular weight excluding hydrogens is 439 g/mol. The predicted molar refractivity (Wildman–Crippen MR) is 114 cm³/mol. The van der Waals surface area contributed by atoms with E-state index in [1.807, 2.05) is 0 Å². The Morgan fingerprint density at radius 1 is 1.17 bits per heavy atom. The number of halogens is 2. The summed E-state index contributed by atoms with van der Waals surface area (Å²) in [6.07, 6.45) is 1.00. The molecule has 0 fully saturated rings. The molecule has 2 rings (SSSR count). The van der Waals surface area contributed by atoms with Gasteiger partial charge in [0.05, 0.1) is 29.1 Å². The molecular formula is C19H20Cl2N2O5S. The molecule has 0 aromatic heterocycles. The van der Waals surface area contributed by atoms with Crippen LogP contribution < -0.4 is 9.62 Å². The number of nitrogens with one attached hydrogen (secondary N) is 1. The summed E-state index contributed by atoms with van der Waals surface area (Å²) in [5.74, 6) is -1.16. The second kappa shape index (κ2) is 9.47. The van der Waals surface area contributed by atoms with Gasteiger partial charge in [-0.1, -0.05) is 29.3 Å². The highest BCUT2D eigenvalue weighted by Gasteiger charge is 2.29. The number of hydrogen-bond donors (Lipinski definition) is 1. The third kappa shape index (κ3) is 5.85. The molecule has 0 saturated heterocycles. The van der Waals surface area contributed by atoms with E-state index < -0.39 is 27.9 Å². The first-order valence-electron chi connectivity index (χ1n) is 8.57. The number of sulfonamides is 1. The lowest BCUT2D eigenvalue weighted by Gasteiger charge is -2.28. The lowest BCUT2D eigenvalue weighted by atomic mass is 10.2. The van der Waals surface area contributed by atoms with Crippen LogP contribution in [-0.4, -0.2) is 39.2 Å². The minimum absolute atomic E-state index is 0.101. The number of amides is 1. The largest absolute Gasteiger partial charge is 0.462 e. The van der Waals surface area contributed by atoms with Gasteiger partial charge >= 0.3 is 5.97 Å². The van der Waals surface area contributed by atoms with Crippen molar-refractivity contribution in [2.75, 3.05) is 22.5 Å². The number of rotatable bonds is 7. The Morgan fingerprint density at radius 3 is 2.41 bits per heavy atom. The summed E-state index contributed by atoms with van der Waals surface area (Å²) >= 11 is 12.1. The maximum Gasteiger partial charge on any atom is 0.339 e. The van der Waals surface area contributed by atoms with Crippen molar-refractivity contribution in [3.63, 3.8) is 0 Å². The third-order valence-electron chi connectivity index (χ3n) is 3.88. The Kier molecular flexibility index (Phi) is 7.51. The number of carbonyl (C=O) groups is 2. The first-order chi connectivity index (χ1) is 13.5. The Balaban J connectivity index is 2.26. The van der Waals surface area contributed by atoms with E-state index in [9.17, 15) is 18.0 Å². The van der Waals surface area contributed by atoms with Crippen molar-refractivity contribution in [3.05, 3.63) is 58.1 Å². The highest BCUT2D eigenvalue weighted by atomic mass is 35.5. The van der Waals surface area contributed by atoms with Gasteiger partial charge in [0.2, 0.25) is 15.9 Å². The number of hydrogen-bond acceptors (Lipinski definition) is 5. The Bertz CT molecular complexity index is 1030. The summed E-state index contributed by atoms with van der Waals surface area (Å²) in [6, 6.07) is 9.41. The maximum absolute atomic E-state index is 12.7. The molecule has 0 spiro atoms. The Morgan fingerprint density at radius 2 is 1.86 bits per heavy atom. The zero-order valence-electron chi connectivity index (χ0n) is 16.0. The molecule has 0 saturated carbocycles. The van der Waals surface area contributed by atoms with Gasteiger partial charge in [0.25, 0.3) is 0 Å². The lowest BCUT2D eigenvalue weighted by molar-refractivity contribution is -0.116. The molecule has 1 amide bonds. The molecule has 29 heavy (non-hydrogen) atoms. The van der Waals surface area contributed by atoms with Crippen molar-refractivity contribution in [1.82, 2.24) is 0 Å². The van der Waals surface area contributed by atoms with Crippen LogP contribution in [0.15, 0.2) is 42.5 Å². The van der Waals surface area contributed by atoms with Crippen molar-refractivity contribution in [1.29, 1.82) is 0 Å². The van der Waals surface area contributed by atoms with E-state index in [-0.39, 0.29) is 22.9 Å². The van der Waals surface area contributed by atoms with Gasteiger partial charge in [-0.2, -0.15) is 0 Å². The third-order valence-corrected chi connectivity index (χ3v) is 5.67. The Labute approximate surface area is 179 Å². The average molecular weight is 459 g/mol. The van der Waals surface area contributed by atoms with Gasteiger partial charge in [-0.15, -0.1) is 0 Å². The summed E-state index contributed by atoms with van der Waals surface area (Å²) in [6.45, 7) is 3.33. The molecule has 0 unspecified atom stereocenters. The molecule has 0 aliphatic heterocycles. The summed E-state index contributed by atoms with van der Waals surface area (Å²) in [4.78, 5) is 24.5. The fourth-order valence-corrected chi connectivity index (χ4v) is 4.24. The van der Waals surface area contributed by atoms with Gasteiger partial charge in [-0.05, 0) is 50.2 Å². The number of ether oxygens (including phenoxy) is 1. The Hall–Kier alpha value is -2.29. The topological polar surface area (TPSA) is 92.8 Å². The monoisotopic (exact) mass is 458 g/mol. The summed E-state index contributed by atoms with van der Waals surface area (Å²) in [5, 5.41) is 3.04. The first-order valence-corrected chi connectivity index (χ1v) is 11.2. The van der Waals surface area contributed by atoms with Crippen LogP contribution in [0.25, 0.3) is 0 Å². The SMILES string of the molecule is CCOC(=O)c1ccc(NC(=O)[C@H](C)N(c2cccc(Cl)c2)S(C)(=O)=O)cc1Cl. The van der Waals surface area contributed by atoms with Crippen LogP contribution in [0, 0.1) is 0 Å². The fraction of sp³-hybridized carbons (Fsp3) is 0.263. The van der Waals surface area contributed by atoms with E-state index in [1.54, 1.807) is 25.1 Å². The van der Waals surface area contributed by atoms with E-state index >= 15 is 0 Å². The minimum atomic E-state index is -3.78. The van der Waals surface area contributed by atoms with E-state index in [0.717, 1.165) is 10.6 Å². The second-order valence-corrected chi connectivity index (χ2v) is 8.82. The number of carbonyl (C=O) groups excluding carboxylic acids is 2. The van der Waals surface area contributed by atoms with Crippen LogP contribution in [0.3, 0.4) is 0 Å². The molecule has 0 aliphatic carbocycles. The molecule has 0 radical (unpaired) electrons. The average Bonchev–Trinajstić information content (AvgIpc) is 2.60. The standard InChI is InChI=1S/C19H20Cl2N2O5S/c1-4-28-19(25)16-9-8-14(11-17(16)21)22-18(24)12(2)23(29(3,26)27)15-7-5-6-13(20)10-15/h5-12H,4H2,1-3H3,(H,22,24)/t12-/m0/s1. The minimum Gasteiger partial charge on any atom is -0.462 e. The van der Waals surface area contributed by atoms with Crippen molar-refractivity contribution < 1.29 is 22.7 Å². The number of nitrogens with zero attached hydrogens (tertiary/aromatic N) is 1. The van der Waals surface area contributed by atoms with E-state index in [1.165, 1.54) is 31.2 Å². The second-order valence-electron chi connectivity index (χ2n) is 6.12. The smallest absolute Gasteiger partial charge is 0.339 e. The zero-order chi connectivity index (χ0) is 21.8. The van der Waals surface area contributed by atoms with Crippen LogP contribution >= 0.6 is 23.2 Å². The lowest BCUT2D eigenvalue weighted by Crippen LogP contribution is -2.45. The van der Waals surface area contributed by atoms with Gasteiger partial charge in [-0.25, -0.2) is 13.2 Å². The number of benzene rings is 2. The van der Waals surface area contributed by atoms with Crippen LogP contribution in [-0.2, 0) is 19.6 Å². The van der Waals surface area contributed by atoms with Crippen LogP contribution in [0.2, 0.25) is 10.0 Å². The van der Waals surface area contributed by atoms with E-state index in [0.29, 0.717) is 10.7 Å². The van der Waals surface area contributed by atoms with Crippen LogP contribution in [0.5, 0.6) is 0 Å². The zero-order valence-corrected chi connectivity index (χ0v) is 18.3. The summed E-state index contributed by atoms with van der Waals surface area (Å²) < 4.78 is 30.5. The quantitative estimate of drug-likeness (QED) is 0.633. The summed E-state index contributed by atoms with van der Waals surface area (Å²) in [7, 11) is -3.78. The molecule has 0 aliphatic rings. The molecule has 7 nitrogen and oxygen atoms in total. The van der Waals surface area contributed by atoms with Crippen LogP contribution in [0.4, 0.5) is 11.4 Å². The number of anilines is 2. The highest BCUT2D eigenvalue weighted by Crippen LogP contribution is 2.26. The highest BCUT2D eigenvalue weighted by molar-refractivity contribution is 7.92. The molecule has 0 heterocycles. The predicted octanol–water partition coefficient (Wildman–Crippen LogP) is 3.96. The van der Waals surface area contributed by atoms with Crippen molar-refractivity contribution in [2.24, 2.45) is 0 Å². The first kappa shape index (κ1) is 23.0. The van der Waals surface area contributed by atoms with Gasteiger partial charge < -0.3 is 10.1 Å². The van der Waals surface area contributed by atoms with Gasteiger partial charge in [-0.3, -0.25) is 9.10 Å². The van der Waals surface area contributed by atoms with E-state index in [4.69, 9.17) is 27.9 Å². The van der Waals surface area contributed by atoms with Crippen LogP contribution in [0.1, 0.15) is 24.2 Å². The number of esters is 1. The van der Waals surface area contributed by atoms with Crippen molar-refractivity contribution >= 4 is 56.5 Å². The molecule has 2 aromatic rings. The molecule has 2 aromatic carbocycles. The normalized spacial score (nSPS) is 12.2. The van der Waals surface area contributed by atoms with Gasteiger partial charge in [0.1, 0.15) is 6.04 Å². The maximum atomic E-state index is 12.7. The molecule has 10 heteroatoms. The fourth-order valence-electron chi connectivity index (χ4n) is 2.64. The molecule has 1 atom stereocenters. The summed E-state index contributed by atoms with van der Waals surface area (Å²) in [5.41, 5.74) is 0.731. The van der Waals surface area contributed by atoms with Crippen molar-refractivity contribution in [2.45, 2.75) is 19.9 Å². The van der Waals surface area contributed by atoms with Gasteiger partial charge in [0.15, 0.2) is 0 Å². The van der Waals surface area contributed by atoms with Crippen molar-refractivity contribution in [3.8, 4) is 0 Å². The molecule has 0 bridgehead atoms. The van der Waals surface area contributed by atoms with E-state index in [2.05, 4.69) is 5.32 Å². The van der Waals surface area contributed by atoms with Gasteiger partial charge in [0, 0.05) is 10.7 Å².